The number of aromatic nitrogens is 1. The molecule has 0 aliphatic carbocycles. The Hall–Kier alpha value is -2.92. The van der Waals surface area contributed by atoms with Crippen molar-refractivity contribution in [3.8, 4) is 0 Å². The Labute approximate surface area is 178 Å². The average molecular weight is 403 g/mol. The van der Waals surface area contributed by atoms with Crippen molar-refractivity contribution in [2.75, 3.05) is 44.2 Å². The van der Waals surface area contributed by atoms with E-state index in [0.717, 1.165) is 68.4 Å². The molecule has 1 amide bonds. The van der Waals surface area contributed by atoms with E-state index in [1.807, 2.05) is 54.9 Å². The molecule has 1 N–H and O–H groups in total. The number of amides is 1. The van der Waals surface area contributed by atoms with E-state index in [1.165, 1.54) is 12.1 Å². The van der Waals surface area contributed by atoms with E-state index in [9.17, 15) is 4.79 Å². The molecule has 0 spiro atoms. The zero-order valence-electron chi connectivity index (χ0n) is 17.5. The molecule has 1 aliphatic rings. The first-order valence-electron chi connectivity index (χ1n) is 10.9. The van der Waals surface area contributed by atoms with E-state index < -0.39 is 0 Å². The third kappa shape index (κ3) is 5.36. The van der Waals surface area contributed by atoms with Gasteiger partial charge in [-0.05, 0) is 54.4 Å². The summed E-state index contributed by atoms with van der Waals surface area (Å²) in [5.74, 6) is 0.0206. The number of rotatable bonds is 8. The maximum Gasteiger partial charge on any atom is 0.251 e. The second kappa shape index (κ2) is 10.2. The highest BCUT2D eigenvalue weighted by Gasteiger charge is 2.16. The summed E-state index contributed by atoms with van der Waals surface area (Å²) in [4.78, 5) is 21.6. The molecule has 0 saturated carbocycles. The lowest BCUT2D eigenvalue weighted by molar-refractivity contribution is 0.0953. The predicted molar refractivity (Wildman–Crippen MR) is 123 cm³/mol. The molecule has 1 aromatic heterocycles. The lowest BCUT2D eigenvalue weighted by Crippen LogP contribution is -2.46. The van der Waals surface area contributed by atoms with E-state index in [2.05, 4.69) is 32.2 Å². The lowest BCUT2D eigenvalue weighted by atomic mass is 10.1. The van der Waals surface area contributed by atoms with Crippen LogP contribution in [-0.2, 0) is 0 Å². The summed E-state index contributed by atoms with van der Waals surface area (Å²) in [6.07, 6.45) is 7.11. The van der Waals surface area contributed by atoms with Gasteiger partial charge in [0.05, 0.1) is 11.9 Å². The van der Waals surface area contributed by atoms with E-state index in [0.29, 0.717) is 0 Å². The van der Waals surface area contributed by atoms with Crippen molar-refractivity contribution in [2.45, 2.75) is 19.3 Å². The van der Waals surface area contributed by atoms with Gasteiger partial charge in [-0.2, -0.15) is 0 Å². The number of benzene rings is 2. The number of anilines is 1. The van der Waals surface area contributed by atoms with Gasteiger partial charge in [-0.3, -0.25) is 14.7 Å². The summed E-state index contributed by atoms with van der Waals surface area (Å²) < 4.78 is 0. The van der Waals surface area contributed by atoms with E-state index in [-0.39, 0.29) is 5.91 Å². The molecule has 0 unspecified atom stereocenters. The zero-order valence-corrected chi connectivity index (χ0v) is 17.5. The fraction of sp³-hybridized carbons (Fsp3) is 0.360. The number of carbonyl (C=O) groups excluding carboxylic acids is 1. The third-order valence-corrected chi connectivity index (χ3v) is 5.83. The van der Waals surface area contributed by atoms with Crippen LogP contribution in [0.5, 0.6) is 0 Å². The number of unbranched alkanes of at least 4 members (excludes halogenated alkanes) is 2. The molecule has 0 radical (unpaired) electrons. The molecule has 1 saturated heterocycles. The minimum Gasteiger partial charge on any atom is -0.368 e. The van der Waals surface area contributed by atoms with Crippen LogP contribution in [0.15, 0.2) is 67.0 Å². The van der Waals surface area contributed by atoms with Crippen LogP contribution >= 0.6 is 0 Å². The predicted octanol–water partition coefficient (Wildman–Crippen LogP) is 3.96. The van der Waals surface area contributed by atoms with Gasteiger partial charge >= 0.3 is 0 Å². The minimum atomic E-state index is 0.0206. The van der Waals surface area contributed by atoms with Crippen molar-refractivity contribution in [1.29, 1.82) is 0 Å². The van der Waals surface area contributed by atoms with Crippen LogP contribution < -0.4 is 10.2 Å². The van der Waals surface area contributed by atoms with Crippen molar-refractivity contribution in [2.24, 2.45) is 0 Å². The molecule has 2 heterocycles. The number of nitrogens with zero attached hydrogens (tertiary/aromatic N) is 3. The van der Waals surface area contributed by atoms with Gasteiger partial charge in [0, 0.05) is 44.5 Å². The molecule has 30 heavy (non-hydrogen) atoms. The number of hydrogen-bond donors (Lipinski definition) is 1. The highest BCUT2D eigenvalue weighted by molar-refractivity contribution is 5.98. The van der Waals surface area contributed by atoms with Crippen molar-refractivity contribution >= 4 is 22.4 Å². The summed E-state index contributed by atoms with van der Waals surface area (Å²) in [6.45, 7) is 6.21. The monoisotopic (exact) mass is 402 g/mol. The molecule has 3 aromatic rings. The molecule has 5 heteroatoms. The maximum absolute atomic E-state index is 12.4. The van der Waals surface area contributed by atoms with E-state index >= 15 is 0 Å². The van der Waals surface area contributed by atoms with Crippen LogP contribution in [0.2, 0.25) is 0 Å². The Morgan fingerprint density at radius 1 is 0.900 bits per heavy atom. The Balaban J connectivity index is 1.10. The van der Waals surface area contributed by atoms with Crippen LogP contribution in [0.25, 0.3) is 10.8 Å². The van der Waals surface area contributed by atoms with Gasteiger partial charge in [0.25, 0.3) is 5.91 Å². The number of carbonyl (C=O) groups is 1. The minimum absolute atomic E-state index is 0.0206. The Morgan fingerprint density at radius 3 is 2.53 bits per heavy atom. The number of pyridine rings is 1. The van der Waals surface area contributed by atoms with Gasteiger partial charge < -0.3 is 10.2 Å². The quantitative estimate of drug-likeness (QED) is 0.580. The molecule has 156 valence electrons. The van der Waals surface area contributed by atoms with E-state index in [1.54, 1.807) is 0 Å². The van der Waals surface area contributed by atoms with Gasteiger partial charge in [0.15, 0.2) is 0 Å². The molecular weight excluding hydrogens is 372 g/mol. The summed E-state index contributed by atoms with van der Waals surface area (Å²) >= 11 is 0. The van der Waals surface area contributed by atoms with Crippen LogP contribution in [0.4, 0.5) is 5.69 Å². The lowest BCUT2D eigenvalue weighted by Gasteiger charge is -2.35. The van der Waals surface area contributed by atoms with Crippen molar-refractivity contribution in [3.05, 3.63) is 72.6 Å². The molecule has 1 fully saturated rings. The Morgan fingerprint density at radius 2 is 1.73 bits per heavy atom. The topological polar surface area (TPSA) is 48.5 Å². The normalized spacial score (nSPS) is 14.7. The largest absolute Gasteiger partial charge is 0.368 e. The second-order valence-electron chi connectivity index (χ2n) is 7.92. The van der Waals surface area contributed by atoms with Crippen LogP contribution in [0.3, 0.4) is 0 Å². The first-order chi connectivity index (χ1) is 14.8. The number of fused-ring (bicyclic) bond motifs is 1. The number of hydrogen-bond acceptors (Lipinski definition) is 4. The molecule has 0 bridgehead atoms. The van der Waals surface area contributed by atoms with Gasteiger partial charge in [0.1, 0.15) is 0 Å². The fourth-order valence-corrected chi connectivity index (χ4v) is 4.04. The van der Waals surface area contributed by atoms with Gasteiger partial charge in [-0.15, -0.1) is 0 Å². The number of nitrogens with one attached hydrogen (secondary N) is 1. The smallest absolute Gasteiger partial charge is 0.251 e. The van der Waals surface area contributed by atoms with Crippen molar-refractivity contribution in [3.63, 3.8) is 0 Å². The molecule has 0 atom stereocenters. The summed E-state index contributed by atoms with van der Waals surface area (Å²) in [5.41, 5.74) is 1.96. The molecule has 5 nitrogen and oxygen atoms in total. The molecule has 4 rings (SSSR count). The standard InChI is InChI=1S/C25H30N4O/c30-25(23-11-10-21-7-2-3-8-22(21)19-23)27-13-4-1-5-14-28-15-17-29(18-16-28)24-9-6-12-26-20-24/h2-3,6-12,19-20H,1,4-5,13-18H2,(H,27,30). The van der Waals surface area contributed by atoms with Crippen LogP contribution in [0, 0.1) is 0 Å². The Bertz CT molecular complexity index is 952. The summed E-state index contributed by atoms with van der Waals surface area (Å²) in [7, 11) is 0. The zero-order chi connectivity index (χ0) is 20.6. The fourth-order valence-electron chi connectivity index (χ4n) is 4.04. The van der Waals surface area contributed by atoms with Crippen LogP contribution in [-0.4, -0.2) is 55.1 Å². The van der Waals surface area contributed by atoms with Gasteiger partial charge in [0.2, 0.25) is 0 Å². The first kappa shape index (κ1) is 20.4. The van der Waals surface area contributed by atoms with Gasteiger partial charge in [-0.25, -0.2) is 0 Å². The summed E-state index contributed by atoms with van der Waals surface area (Å²) in [6, 6.07) is 18.1. The van der Waals surface area contributed by atoms with Gasteiger partial charge in [-0.1, -0.05) is 36.8 Å². The second-order valence-corrected chi connectivity index (χ2v) is 7.92. The average Bonchev–Trinajstić information content (AvgIpc) is 2.82. The Kier molecular flexibility index (Phi) is 6.93. The van der Waals surface area contributed by atoms with E-state index in [4.69, 9.17) is 0 Å². The molecule has 1 aliphatic heterocycles. The molecular formula is C25H30N4O. The van der Waals surface area contributed by atoms with Crippen molar-refractivity contribution < 1.29 is 4.79 Å². The van der Waals surface area contributed by atoms with Crippen LogP contribution in [0.1, 0.15) is 29.6 Å². The number of piperazine rings is 1. The van der Waals surface area contributed by atoms with Crippen molar-refractivity contribution in [1.82, 2.24) is 15.2 Å². The highest BCUT2D eigenvalue weighted by atomic mass is 16.1. The maximum atomic E-state index is 12.4. The SMILES string of the molecule is O=C(NCCCCCN1CCN(c2cccnc2)CC1)c1ccc2ccccc2c1. The third-order valence-electron chi connectivity index (χ3n) is 5.83. The molecule has 2 aromatic carbocycles. The highest BCUT2D eigenvalue weighted by Crippen LogP contribution is 2.16. The summed E-state index contributed by atoms with van der Waals surface area (Å²) in [5, 5.41) is 5.33. The first-order valence-corrected chi connectivity index (χ1v) is 10.9.